The van der Waals surface area contributed by atoms with E-state index in [-0.39, 0.29) is 22.3 Å². The second kappa shape index (κ2) is 8.24. The van der Waals surface area contributed by atoms with Crippen LogP contribution in [0.25, 0.3) is 0 Å². The number of rotatable bonds is 4. The Kier molecular flexibility index (Phi) is 6.27. The highest BCUT2D eigenvalue weighted by atomic mass is 32.1. The van der Waals surface area contributed by atoms with Gasteiger partial charge in [0, 0.05) is 14.1 Å². The Morgan fingerprint density at radius 3 is 2.46 bits per heavy atom. The van der Waals surface area contributed by atoms with Gasteiger partial charge in [0.1, 0.15) is 10.8 Å². The number of hydrogen-bond donors (Lipinski definition) is 2. The van der Waals surface area contributed by atoms with Gasteiger partial charge in [0.05, 0.1) is 23.2 Å². The minimum Gasteiger partial charge on any atom is -0.465 e. The van der Waals surface area contributed by atoms with E-state index >= 15 is 0 Å². The van der Waals surface area contributed by atoms with E-state index in [1.165, 1.54) is 24.1 Å². The molecular weight excluding hydrogens is 377 g/mol. The van der Waals surface area contributed by atoms with Crippen molar-refractivity contribution in [2.45, 2.75) is 6.92 Å². The zero-order valence-corrected chi connectivity index (χ0v) is 16.3. The Hall–Kier alpha value is -2.52. The van der Waals surface area contributed by atoms with Crippen molar-refractivity contribution in [1.82, 2.24) is 4.90 Å². The molecule has 0 saturated heterocycles. The van der Waals surface area contributed by atoms with Crippen LogP contribution < -0.4 is 10.6 Å². The summed E-state index contributed by atoms with van der Waals surface area (Å²) < 4.78 is 18.6. The van der Waals surface area contributed by atoms with Crippen molar-refractivity contribution in [3.63, 3.8) is 0 Å². The fraction of sp³-hybridized carbons (Fsp3) is 0.235. The highest BCUT2D eigenvalue weighted by molar-refractivity contribution is 7.80. The number of carbonyl (C=O) groups excluding carboxylic acids is 2. The van der Waals surface area contributed by atoms with E-state index in [0.29, 0.717) is 15.4 Å². The van der Waals surface area contributed by atoms with E-state index < -0.39 is 11.8 Å². The first-order valence-corrected chi connectivity index (χ1v) is 8.74. The summed E-state index contributed by atoms with van der Waals surface area (Å²) in [6.07, 6.45) is 0. The average molecular weight is 395 g/mol. The second-order valence-electron chi connectivity index (χ2n) is 5.51. The number of ether oxygens (including phenoxy) is 1. The third-order valence-electron chi connectivity index (χ3n) is 3.49. The van der Waals surface area contributed by atoms with Gasteiger partial charge in [-0.05, 0) is 36.8 Å². The number of para-hydroxylation sites is 1. The number of benzene rings is 1. The molecule has 6 nitrogen and oxygen atoms in total. The lowest BCUT2D eigenvalue weighted by Gasteiger charge is -2.11. The van der Waals surface area contributed by atoms with E-state index in [1.807, 2.05) is 0 Å². The summed E-state index contributed by atoms with van der Waals surface area (Å²) in [7, 11) is 4.50. The highest BCUT2D eigenvalue weighted by Crippen LogP contribution is 2.34. The number of anilines is 2. The molecule has 9 heteroatoms. The quantitative estimate of drug-likeness (QED) is 0.610. The van der Waals surface area contributed by atoms with Crippen molar-refractivity contribution in [2.24, 2.45) is 0 Å². The van der Waals surface area contributed by atoms with E-state index in [4.69, 9.17) is 17.0 Å². The molecule has 1 aromatic heterocycles. The number of nitrogens with one attached hydrogen (secondary N) is 2. The highest BCUT2D eigenvalue weighted by Gasteiger charge is 2.26. The lowest BCUT2D eigenvalue weighted by molar-refractivity contribution is 0.0601. The van der Waals surface area contributed by atoms with Crippen LogP contribution in [0.1, 0.15) is 25.6 Å². The van der Waals surface area contributed by atoms with Gasteiger partial charge in [-0.3, -0.25) is 4.79 Å². The van der Waals surface area contributed by atoms with Crippen LogP contribution >= 0.6 is 23.6 Å². The predicted molar refractivity (Wildman–Crippen MR) is 105 cm³/mol. The van der Waals surface area contributed by atoms with Gasteiger partial charge in [0.2, 0.25) is 0 Å². The molecule has 0 radical (unpaired) electrons. The number of halogens is 1. The monoisotopic (exact) mass is 395 g/mol. The average Bonchev–Trinajstić information content (AvgIpc) is 2.91. The Labute approximate surface area is 160 Å². The van der Waals surface area contributed by atoms with Gasteiger partial charge in [-0.25, -0.2) is 9.18 Å². The summed E-state index contributed by atoms with van der Waals surface area (Å²) in [5, 5.41) is 6.03. The van der Waals surface area contributed by atoms with Crippen LogP contribution in [0.4, 0.5) is 15.1 Å². The van der Waals surface area contributed by atoms with Crippen molar-refractivity contribution in [3.05, 3.63) is 46.1 Å². The first kappa shape index (κ1) is 19.8. The molecule has 0 saturated carbocycles. The summed E-state index contributed by atoms with van der Waals surface area (Å²) in [5.74, 6) is -1.29. The fourth-order valence-electron chi connectivity index (χ4n) is 2.18. The second-order valence-corrected chi connectivity index (χ2v) is 6.94. The summed E-state index contributed by atoms with van der Waals surface area (Å²) in [5.41, 5.74) is 0.916. The third-order valence-corrected chi connectivity index (χ3v) is 4.89. The first-order chi connectivity index (χ1) is 12.3. The molecule has 2 rings (SSSR count). The number of thiocarbonyl (C=S) groups is 1. The van der Waals surface area contributed by atoms with Gasteiger partial charge in [-0.1, -0.05) is 12.1 Å². The maximum atomic E-state index is 13.7. The zero-order chi connectivity index (χ0) is 19.4. The molecule has 2 aromatic rings. The SMILES string of the molecule is COC(=O)c1c(NC(=S)Nc2ccccc2F)sc(C(=O)N(C)C)c1C. The number of nitrogens with zero attached hydrogens (tertiary/aromatic N) is 1. The number of hydrogen-bond acceptors (Lipinski definition) is 5. The molecule has 0 aliphatic carbocycles. The van der Waals surface area contributed by atoms with E-state index in [2.05, 4.69) is 10.6 Å². The molecule has 0 unspecified atom stereocenters. The Balaban J connectivity index is 2.34. The Bertz CT molecular complexity index is 865. The van der Waals surface area contributed by atoms with E-state index in [9.17, 15) is 14.0 Å². The normalized spacial score (nSPS) is 10.2. The van der Waals surface area contributed by atoms with Crippen molar-refractivity contribution < 1.29 is 18.7 Å². The van der Waals surface area contributed by atoms with Gasteiger partial charge in [0.15, 0.2) is 5.11 Å². The molecule has 0 atom stereocenters. The number of esters is 1. The lowest BCUT2D eigenvalue weighted by atomic mass is 10.1. The molecule has 1 heterocycles. The Morgan fingerprint density at radius 2 is 1.88 bits per heavy atom. The summed E-state index contributed by atoms with van der Waals surface area (Å²) in [6.45, 7) is 1.66. The van der Waals surface area contributed by atoms with Crippen LogP contribution in [-0.2, 0) is 4.74 Å². The molecule has 0 aliphatic heterocycles. The molecule has 0 spiro atoms. The zero-order valence-electron chi connectivity index (χ0n) is 14.7. The first-order valence-electron chi connectivity index (χ1n) is 7.52. The molecule has 26 heavy (non-hydrogen) atoms. The van der Waals surface area contributed by atoms with E-state index in [0.717, 1.165) is 11.3 Å². The van der Waals surface area contributed by atoms with Crippen LogP contribution in [0.5, 0.6) is 0 Å². The van der Waals surface area contributed by atoms with Crippen LogP contribution in [-0.4, -0.2) is 43.1 Å². The van der Waals surface area contributed by atoms with Crippen molar-refractivity contribution >= 4 is 51.2 Å². The van der Waals surface area contributed by atoms with Crippen LogP contribution in [0.15, 0.2) is 24.3 Å². The molecule has 2 N–H and O–H groups in total. The molecule has 1 aromatic carbocycles. The van der Waals surface area contributed by atoms with Gasteiger partial charge in [0.25, 0.3) is 5.91 Å². The summed E-state index contributed by atoms with van der Waals surface area (Å²) in [6, 6.07) is 6.06. The topological polar surface area (TPSA) is 70.7 Å². The molecule has 0 bridgehead atoms. The van der Waals surface area contributed by atoms with Crippen LogP contribution in [0, 0.1) is 12.7 Å². The van der Waals surface area contributed by atoms with Gasteiger partial charge in [-0.2, -0.15) is 0 Å². The minimum absolute atomic E-state index is 0.0883. The maximum Gasteiger partial charge on any atom is 0.341 e. The molecular formula is C17H18FN3O3S2. The minimum atomic E-state index is -0.590. The van der Waals surface area contributed by atoms with Gasteiger partial charge >= 0.3 is 5.97 Å². The van der Waals surface area contributed by atoms with Crippen LogP contribution in [0.3, 0.4) is 0 Å². The number of thiophene rings is 1. The molecule has 0 fully saturated rings. The lowest BCUT2D eigenvalue weighted by Crippen LogP contribution is -2.21. The Morgan fingerprint density at radius 1 is 1.23 bits per heavy atom. The smallest absolute Gasteiger partial charge is 0.341 e. The largest absolute Gasteiger partial charge is 0.465 e. The van der Waals surface area contributed by atoms with Crippen LogP contribution in [0.2, 0.25) is 0 Å². The fourth-order valence-corrected chi connectivity index (χ4v) is 3.67. The van der Waals surface area contributed by atoms with Crippen molar-refractivity contribution in [2.75, 3.05) is 31.8 Å². The number of amides is 1. The molecule has 0 aliphatic rings. The molecule has 138 valence electrons. The van der Waals surface area contributed by atoms with E-state index in [1.54, 1.807) is 33.2 Å². The van der Waals surface area contributed by atoms with Crippen molar-refractivity contribution in [1.29, 1.82) is 0 Å². The van der Waals surface area contributed by atoms with Gasteiger partial charge < -0.3 is 20.3 Å². The predicted octanol–water partition coefficient (Wildman–Crippen LogP) is 3.49. The molecule has 1 amide bonds. The van der Waals surface area contributed by atoms with Gasteiger partial charge in [-0.15, -0.1) is 11.3 Å². The summed E-state index contributed by atoms with van der Waals surface area (Å²) >= 11 is 6.29. The number of carbonyl (C=O) groups is 2. The van der Waals surface area contributed by atoms with Crippen molar-refractivity contribution in [3.8, 4) is 0 Å². The number of methoxy groups -OCH3 is 1. The standard InChI is InChI=1S/C17H18FN3O3S2/c1-9-12(16(23)24-4)14(26-13(9)15(22)21(2)3)20-17(25)19-11-8-6-5-7-10(11)18/h5-8H,1-4H3,(H2,19,20,25). The summed E-state index contributed by atoms with van der Waals surface area (Å²) in [4.78, 5) is 26.3. The third kappa shape index (κ3) is 4.17. The maximum absolute atomic E-state index is 13.7.